The zero-order valence-electron chi connectivity index (χ0n) is 23.7. The first-order chi connectivity index (χ1) is 16.2. The van der Waals surface area contributed by atoms with Gasteiger partial charge in [-0.25, -0.2) is 0 Å². The molecule has 1 aliphatic heterocycles. The van der Waals surface area contributed by atoms with Gasteiger partial charge in [-0.3, -0.25) is 4.79 Å². The van der Waals surface area contributed by atoms with Gasteiger partial charge in [-0.2, -0.15) is 0 Å². The van der Waals surface area contributed by atoms with E-state index in [0.717, 1.165) is 43.3 Å². The molecule has 6 unspecified atom stereocenters. The number of carbonyl (C=O) groups excluding carboxylic acids is 1. The Bertz CT molecular complexity index is 628. The van der Waals surface area contributed by atoms with Crippen LogP contribution in [0.5, 0.6) is 0 Å². The standard InChI is InChI=1S/C21H37N3O.C8H19N/c1-6-17(12-22-5)19-9-10-20-21(11-19)23(15(3)18-7-8-18)13-14(2)24(20)16(4)25;1-5-8(9-4)6-7(2)3/h14,17-22H,3,6-13H2,1-2,4-5H3;7-9H,5-6H2,1-4H3. The van der Waals surface area contributed by atoms with Crippen molar-refractivity contribution in [3.8, 4) is 0 Å². The lowest BCUT2D eigenvalue weighted by molar-refractivity contribution is -0.142. The minimum Gasteiger partial charge on any atom is -0.368 e. The van der Waals surface area contributed by atoms with Crippen molar-refractivity contribution >= 4 is 5.91 Å². The van der Waals surface area contributed by atoms with E-state index in [4.69, 9.17) is 0 Å². The van der Waals surface area contributed by atoms with Gasteiger partial charge < -0.3 is 20.4 Å². The van der Waals surface area contributed by atoms with Gasteiger partial charge in [-0.1, -0.05) is 40.7 Å². The van der Waals surface area contributed by atoms with Crippen molar-refractivity contribution in [2.24, 2.45) is 23.7 Å². The summed E-state index contributed by atoms with van der Waals surface area (Å²) in [6, 6.07) is 1.87. The number of nitrogens with zero attached hydrogens (tertiary/aromatic N) is 2. The van der Waals surface area contributed by atoms with Crippen LogP contribution < -0.4 is 10.6 Å². The maximum atomic E-state index is 12.3. The first-order valence-electron chi connectivity index (χ1n) is 14.2. The van der Waals surface area contributed by atoms with Gasteiger partial charge in [0.2, 0.25) is 5.91 Å². The van der Waals surface area contributed by atoms with E-state index in [1.54, 1.807) is 6.92 Å². The fourth-order valence-electron chi connectivity index (χ4n) is 6.57. The monoisotopic (exact) mass is 476 g/mol. The Morgan fingerprint density at radius 1 is 1.06 bits per heavy atom. The molecule has 3 rings (SSSR count). The van der Waals surface area contributed by atoms with E-state index in [9.17, 15) is 4.79 Å². The Morgan fingerprint density at radius 3 is 2.18 bits per heavy atom. The Labute approximate surface area is 211 Å². The fourth-order valence-corrected chi connectivity index (χ4v) is 6.57. The molecule has 1 amide bonds. The largest absolute Gasteiger partial charge is 0.368 e. The van der Waals surface area contributed by atoms with E-state index in [1.165, 1.54) is 50.6 Å². The summed E-state index contributed by atoms with van der Waals surface area (Å²) < 4.78 is 0. The van der Waals surface area contributed by atoms with E-state index < -0.39 is 0 Å². The Balaban J connectivity index is 0.000000387. The highest BCUT2D eigenvalue weighted by Crippen LogP contribution is 2.44. The number of fused-ring (bicyclic) bond motifs is 1. The van der Waals surface area contributed by atoms with Crippen LogP contribution in [0.1, 0.15) is 92.9 Å². The fraction of sp³-hybridized carbons (Fsp3) is 0.897. The lowest BCUT2D eigenvalue weighted by atomic mass is 9.72. The smallest absolute Gasteiger partial charge is 0.220 e. The van der Waals surface area contributed by atoms with Crippen LogP contribution in [-0.4, -0.2) is 67.1 Å². The Kier molecular flexibility index (Phi) is 11.9. The molecule has 3 fully saturated rings. The van der Waals surface area contributed by atoms with Crippen LogP contribution in [0.4, 0.5) is 0 Å². The van der Waals surface area contributed by atoms with Crippen molar-refractivity contribution in [3.63, 3.8) is 0 Å². The molecule has 2 N–H and O–H groups in total. The van der Waals surface area contributed by atoms with Crippen LogP contribution in [0.25, 0.3) is 0 Å². The summed E-state index contributed by atoms with van der Waals surface area (Å²) in [6.45, 7) is 19.6. The van der Waals surface area contributed by atoms with E-state index in [0.29, 0.717) is 24.0 Å². The minimum absolute atomic E-state index is 0.250. The zero-order valence-corrected chi connectivity index (χ0v) is 23.7. The van der Waals surface area contributed by atoms with Gasteiger partial charge in [0.15, 0.2) is 0 Å². The topological polar surface area (TPSA) is 47.6 Å². The third kappa shape index (κ3) is 7.71. The second-order valence-electron chi connectivity index (χ2n) is 11.7. The SMILES string of the molecule is C=C(C1CC1)N1CC(C)N(C(C)=O)C2CCC(C(CC)CNC)CC21.CCC(CC(C)C)NC. The quantitative estimate of drug-likeness (QED) is 0.451. The van der Waals surface area contributed by atoms with Gasteiger partial charge in [0.25, 0.3) is 0 Å². The first-order valence-corrected chi connectivity index (χ1v) is 14.2. The molecule has 198 valence electrons. The molecule has 2 saturated carbocycles. The molecule has 2 aliphatic carbocycles. The van der Waals surface area contributed by atoms with E-state index in [-0.39, 0.29) is 5.91 Å². The molecule has 0 aromatic heterocycles. The average Bonchev–Trinajstić information content (AvgIpc) is 3.65. The maximum absolute atomic E-state index is 12.3. The highest BCUT2D eigenvalue weighted by molar-refractivity contribution is 5.74. The van der Waals surface area contributed by atoms with Crippen LogP contribution >= 0.6 is 0 Å². The lowest BCUT2D eigenvalue weighted by Crippen LogP contribution is -2.65. The van der Waals surface area contributed by atoms with Gasteiger partial charge >= 0.3 is 0 Å². The second-order valence-corrected chi connectivity index (χ2v) is 11.7. The molecule has 3 aliphatic rings. The van der Waals surface area contributed by atoms with Crippen molar-refractivity contribution in [1.82, 2.24) is 20.4 Å². The molecular weight excluding hydrogens is 420 g/mol. The molecule has 0 spiro atoms. The summed E-state index contributed by atoms with van der Waals surface area (Å²) >= 11 is 0. The van der Waals surface area contributed by atoms with Crippen molar-refractivity contribution in [2.45, 2.75) is 117 Å². The molecule has 0 aromatic carbocycles. The van der Waals surface area contributed by atoms with Crippen molar-refractivity contribution < 1.29 is 4.79 Å². The lowest BCUT2D eigenvalue weighted by Gasteiger charge is -2.56. The third-order valence-electron chi connectivity index (χ3n) is 8.61. The summed E-state index contributed by atoms with van der Waals surface area (Å²) in [5, 5.41) is 6.67. The van der Waals surface area contributed by atoms with Crippen LogP contribution in [0.15, 0.2) is 12.3 Å². The number of amides is 1. The number of allylic oxidation sites excluding steroid dienone is 1. The molecular formula is C29H56N4O. The highest BCUT2D eigenvalue weighted by Gasteiger charge is 2.47. The highest BCUT2D eigenvalue weighted by atomic mass is 16.2. The van der Waals surface area contributed by atoms with Crippen molar-refractivity contribution in [1.29, 1.82) is 0 Å². The normalized spacial score (nSPS) is 28.6. The average molecular weight is 477 g/mol. The Hall–Kier alpha value is -1.07. The maximum Gasteiger partial charge on any atom is 0.220 e. The molecule has 1 heterocycles. The summed E-state index contributed by atoms with van der Waals surface area (Å²) in [6.07, 6.45) is 10.0. The number of nitrogens with one attached hydrogen (secondary N) is 2. The molecule has 1 saturated heterocycles. The molecule has 0 bridgehead atoms. The third-order valence-corrected chi connectivity index (χ3v) is 8.61. The van der Waals surface area contributed by atoms with Crippen LogP contribution in [0.2, 0.25) is 0 Å². The van der Waals surface area contributed by atoms with Gasteiger partial charge in [-0.05, 0) is 96.2 Å². The predicted molar refractivity (Wildman–Crippen MR) is 146 cm³/mol. The van der Waals surface area contributed by atoms with Crippen molar-refractivity contribution in [3.05, 3.63) is 12.3 Å². The molecule has 6 atom stereocenters. The number of rotatable bonds is 10. The predicted octanol–water partition coefficient (Wildman–Crippen LogP) is 5.28. The van der Waals surface area contributed by atoms with Gasteiger partial charge in [0.1, 0.15) is 0 Å². The Morgan fingerprint density at radius 2 is 1.74 bits per heavy atom. The number of hydrogen-bond acceptors (Lipinski definition) is 4. The van der Waals surface area contributed by atoms with Gasteiger partial charge in [-0.15, -0.1) is 0 Å². The van der Waals surface area contributed by atoms with E-state index in [1.807, 2.05) is 7.05 Å². The number of carbonyl (C=O) groups is 1. The second kappa shape index (κ2) is 13.9. The summed E-state index contributed by atoms with van der Waals surface area (Å²) in [5.74, 6) is 3.28. The van der Waals surface area contributed by atoms with Crippen molar-refractivity contribution in [2.75, 3.05) is 27.2 Å². The number of hydrogen-bond donors (Lipinski definition) is 2. The van der Waals surface area contributed by atoms with E-state index in [2.05, 4.69) is 68.7 Å². The molecule has 5 nitrogen and oxygen atoms in total. The minimum atomic E-state index is 0.250. The molecule has 34 heavy (non-hydrogen) atoms. The molecule has 0 aromatic rings. The zero-order chi connectivity index (χ0) is 25.4. The van der Waals surface area contributed by atoms with Crippen LogP contribution in [0, 0.1) is 23.7 Å². The van der Waals surface area contributed by atoms with Gasteiger partial charge in [0.05, 0.1) is 6.04 Å². The van der Waals surface area contributed by atoms with Crippen LogP contribution in [0.3, 0.4) is 0 Å². The molecule has 5 heteroatoms. The first kappa shape index (κ1) is 29.2. The van der Waals surface area contributed by atoms with E-state index >= 15 is 0 Å². The summed E-state index contributed by atoms with van der Waals surface area (Å²) in [4.78, 5) is 17.1. The summed E-state index contributed by atoms with van der Waals surface area (Å²) in [5.41, 5.74) is 1.35. The summed E-state index contributed by atoms with van der Waals surface area (Å²) in [7, 11) is 4.10. The number of piperazine rings is 1. The van der Waals surface area contributed by atoms with Gasteiger partial charge in [0, 0.05) is 37.3 Å². The van der Waals surface area contributed by atoms with Crippen LogP contribution in [-0.2, 0) is 4.79 Å². The molecule has 0 radical (unpaired) electrons.